The molecule has 9 heteroatoms. The molecular weight excluding hydrogens is 435 g/mol. The van der Waals surface area contributed by atoms with E-state index in [0.717, 1.165) is 5.56 Å². The molecule has 2 heterocycles. The van der Waals surface area contributed by atoms with Crippen molar-refractivity contribution in [2.24, 2.45) is 0 Å². The van der Waals surface area contributed by atoms with E-state index in [-0.39, 0.29) is 17.8 Å². The summed E-state index contributed by atoms with van der Waals surface area (Å²) in [5, 5.41) is 7.43. The molecule has 0 aliphatic carbocycles. The average Bonchev–Trinajstić information content (AvgIpc) is 3.17. The summed E-state index contributed by atoms with van der Waals surface area (Å²) >= 11 is 6.12. The predicted molar refractivity (Wildman–Crippen MR) is 119 cm³/mol. The zero-order valence-corrected chi connectivity index (χ0v) is 18.4. The molecular formula is C23H22ClFN4O3. The minimum atomic E-state index is -0.371. The molecule has 1 N–H and O–H groups in total. The van der Waals surface area contributed by atoms with Crippen molar-refractivity contribution in [1.29, 1.82) is 0 Å². The van der Waals surface area contributed by atoms with Crippen LogP contribution in [0.15, 0.2) is 47.0 Å². The van der Waals surface area contributed by atoms with Crippen molar-refractivity contribution in [3.05, 3.63) is 70.2 Å². The molecule has 0 bridgehead atoms. The maximum absolute atomic E-state index is 13.3. The molecule has 0 spiro atoms. The second kappa shape index (κ2) is 9.00. The number of carbonyl (C=O) groups excluding carboxylic acids is 2. The van der Waals surface area contributed by atoms with Gasteiger partial charge in [-0.05, 0) is 55.8 Å². The third-order valence-electron chi connectivity index (χ3n) is 5.47. The van der Waals surface area contributed by atoms with Crippen molar-refractivity contribution in [1.82, 2.24) is 15.0 Å². The number of amides is 3. The Hall–Kier alpha value is -3.39. The van der Waals surface area contributed by atoms with Gasteiger partial charge in [-0.1, -0.05) is 22.8 Å². The van der Waals surface area contributed by atoms with E-state index >= 15 is 0 Å². The molecule has 1 aromatic heterocycles. The lowest BCUT2D eigenvalue weighted by molar-refractivity contribution is 0.0670. The number of piperazine rings is 1. The number of hydrogen-bond acceptors (Lipinski definition) is 4. The number of rotatable bonds is 3. The number of nitrogens with zero attached hydrogens (tertiary/aromatic N) is 3. The summed E-state index contributed by atoms with van der Waals surface area (Å²) in [4.78, 5) is 29.1. The van der Waals surface area contributed by atoms with Crippen LogP contribution < -0.4 is 5.32 Å². The highest BCUT2D eigenvalue weighted by Crippen LogP contribution is 2.27. The van der Waals surface area contributed by atoms with Crippen LogP contribution >= 0.6 is 11.6 Å². The first-order valence-corrected chi connectivity index (χ1v) is 10.5. The fraction of sp³-hybridized carbons (Fsp3) is 0.261. The van der Waals surface area contributed by atoms with Crippen LogP contribution in [0, 0.1) is 19.7 Å². The van der Waals surface area contributed by atoms with E-state index in [1.54, 1.807) is 41.0 Å². The molecule has 1 aliphatic heterocycles. The Kier molecular flexibility index (Phi) is 6.14. The molecule has 166 valence electrons. The maximum atomic E-state index is 13.3. The summed E-state index contributed by atoms with van der Waals surface area (Å²) in [5.74, 6) is -0.205. The van der Waals surface area contributed by atoms with Crippen molar-refractivity contribution in [3.8, 4) is 11.3 Å². The monoisotopic (exact) mass is 456 g/mol. The van der Waals surface area contributed by atoms with Crippen LogP contribution in [0.5, 0.6) is 0 Å². The van der Waals surface area contributed by atoms with Crippen molar-refractivity contribution in [2.75, 3.05) is 31.5 Å². The van der Waals surface area contributed by atoms with Gasteiger partial charge in [-0.15, -0.1) is 0 Å². The number of benzene rings is 2. The van der Waals surface area contributed by atoms with Crippen molar-refractivity contribution in [3.63, 3.8) is 0 Å². The van der Waals surface area contributed by atoms with Gasteiger partial charge in [-0.2, -0.15) is 0 Å². The molecule has 3 amide bonds. The Balaban J connectivity index is 1.42. The SMILES string of the molecule is Cc1ccc(NC(=O)N2CCN(C(=O)c3c(-c4ccc(F)cc4)noc3C)CC2)cc1Cl. The van der Waals surface area contributed by atoms with Crippen molar-refractivity contribution in [2.45, 2.75) is 13.8 Å². The second-order valence-corrected chi connectivity index (χ2v) is 8.05. The summed E-state index contributed by atoms with van der Waals surface area (Å²) in [5.41, 5.74) is 2.88. The molecule has 1 aliphatic rings. The number of anilines is 1. The molecule has 0 radical (unpaired) electrons. The number of aromatic nitrogens is 1. The molecule has 2 aromatic carbocycles. The van der Waals surface area contributed by atoms with Crippen LogP contribution in [0.25, 0.3) is 11.3 Å². The van der Waals surface area contributed by atoms with Crippen LogP contribution in [0.4, 0.5) is 14.9 Å². The maximum Gasteiger partial charge on any atom is 0.321 e. The molecule has 7 nitrogen and oxygen atoms in total. The number of carbonyl (C=O) groups is 2. The Morgan fingerprint density at radius 1 is 1.03 bits per heavy atom. The molecule has 3 aromatic rings. The van der Waals surface area contributed by atoms with Gasteiger partial charge in [0.1, 0.15) is 22.8 Å². The van der Waals surface area contributed by atoms with Gasteiger partial charge < -0.3 is 19.6 Å². The number of hydrogen-bond donors (Lipinski definition) is 1. The van der Waals surface area contributed by atoms with E-state index in [1.807, 2.05) is 13.0 Å². The number of aryl methyl sites for hydroxylation is 2. The van der Waals surface area contributed by atoms with Gasteiger partial charge in [0.15, 0.2) is 0 Å². The molecule has 1 saturated heterocycles. The smallest absolute Gasteiger partial charge is 0.321 e. The molecule has 0 atom stereocenters. The number of nitrogens with one attached hydrogen (secondary N) is 1. The largest absolute Gasteiger partial charge is 0.360 e. The molecule has 1 fully saturated rings. The molecule has 32 heavy (non-hydrogen) atoms. The van der Waals surface area contributed by atoms with E-state index < -0.39 is 0 Å². The van der Waals surface area contributed by atoms with E-state index in [9.17, 15) is 14.0 Å². The molecule has 0 unspecified atom stereocenters. The van der Waals surface area contributed by atoms with Crippen LogP contribution in [0.3, 0.4) is 0 Å². The van der Waals surface area contributed by atoms with Gasteiger partial charge in [0.05, 0.1) is 0 Å². The highest BCUT2D eigenvalue weighted by atomic mass is 35.5. The minimum Gasteiger partial charge on any atom is -0.360 e. The lowest BCUT2D eigenvalue weighted by Crippen LogP contribution is -2.51. The van der Waals surface area contributed by atoms with E-state index in [0.29, 0.717) is 59.5 Å². The van der Waals surface area contributed by atoms with Crippen LogP contribution in [-0.4, -0.2) is 53.1 Å². The third-order valence-corrected chi connectivity index (χ3v) is 5.88. The van der Waals surface area contributed by atoms with Crippen LogP contribution in [0.2, 0.25) is 5.02 Å². The first kappa shape index (κ1) is 21.8. The quantitative estimate of drug-likeness (QED) is 0.617. The minimum absolute atomic E-state index is 0.228. The van der Waals surface area contributed by atoms with Gasteiger partial charge in [-0.3, -0.25) is 4.79 Å². The Morgan fingerprint density at radius 2 is 1.69 bits per heavy atom. The number of urea groups is 1. The van der Waals surface area contributed by atoms with Crippen molar-refractivity contribution >= 4 is 29.2 Å². The first-order chi connectivity index (χ1) is 15.3. The Morgan fingerprint density at radius 3 is 2.34 bits per heavy atom. The van der Waals surface area contributed by atoms with E-state index in [1.165, 1.54) is 12.1 Å². The zero-order valence-electron chi connectivity index (χ0n) is 17.7. The number of halogens is 2. The highest BCUT2D eigenvalue weighted by Gasteiger charge is 2.30. The third kappa shape index (κ3) is 4.45. The van der Waals surface area contributed by atoms with Gasteiger partial charge in [0, 0.05) is 42.5 Å². The summed E-state index contributed by atoms with van der Waals surface area (Å²) in [6.07, 6.45) is 0. The van der Waals surface area contributed by atoms with Gasteiger partial charge >= 0.3 is 6.03 Å². The molecule has 0 saturated carbocycles. The van der Waals surface area contributed by atoms with E-state index in [2.05, 4.69) is 10.5 Å². The standard InChI is InChI=1S/C23H22ClFN4O3/c1-14-3-8-18(13-19(14)24)26-23(31)29-11-9-28(10-12-29)22(30)20-15(2)32-27-21(20)16-4-6-17(25)7-5-16/h3-8,13H,9-12H2,1-2H3,(H,26,31). The average molecular weight is 457 g/mol. The highest BCUT2D eigenvalue weighted by molar-refractivity contribution is 6.31. The lowest BCUT2D eigenvalue weighted by Gasteiger charge is -2.34. The molecule has 4 rings (SSSR count). The fourth-order valence-corrected chi connectivity index (χ4v) is 3.75. The summed E-state index contributed by atoms with van der Waals surface area (Å²) in [7, 11) is 0. The Bertz CT molecular complexity index is 1150. The van der Waals surface area contributed by atoms with Crippen LogP contribution in [-0.2, 0) is 0 Å². The summed E-state index contributed by atoms with van der Waals surface area (Å²) < 4.78 is 18.5. The first-order valence-electron chi connectivity index (χ1n) is 10.2. The fourth-order valence-electron chi connectivity index (χ4n) is 3.57. The summed E-state index contributed by atoms with van der Waals surface area (Å²) in [6, 6.07) is 10.8. The Labute approximate surface area is 189 Å². The van der Waals surface area contributed by atoms with Crippen molar-refractivity contribution < 1.29 is 18.5 Å². The second-order valence-electron chi connectivity index (χ2n) is 7.64. The van der Waals surface area contributed by atoms with Crippen LogP contribution in [0.1, 0.15) is 21.7 Å². The zero-order chi connectivity index (χ0) is 22.8. The van der Waals surface area contributed by atoms with Gasteiger partial charge in [-0.25, -0.2) is 9.18 Å². The lowest BCUT2D eigenvalue weighted by atomic mass is 10.0. The van der Waals surface area contributed by atoms with E-state index in [4.69, 9.17) is 16.1 Å². The normalized spacial score (nSPS) is 13.9. The predicted octanol–water partition coefficient (Wildman–Crippen LogP) is 4.74. The summed E-state index contributed by atoms with van der Waals surface area (Å²) in [6.45, 7) is 5.07. The van der Waals surface area contributed by atoms with Gasteiger partial charge in [0.2, 0.25) is 0 Å². The topological polar surface area (TPSA) is 78.7 Å². The van der Waals surface area contributed by atoms with Gasteiger partial charge in [0.25, 0.3) is 5.91 Å².